The lowest BCUT2D eigenvalue weighted by molar-refractivity contribution is -0.142. The van der Waals surface area contributed by atoms with E-state index in [4.69, 9.17) is 0 Å². The van der Waals surface area contributed by atoms with Gasteiger partial charge in [0, 0.05) is 20.6 Å². The number of rotatable bonds is 2. The summed E-state index contributed by atoms with van der Waals surface area (Å²) in [6, 6.07) is -0.207. The van der Waals surface area contributed by atoms with Crippen LogP contribution in [0.3, 0.4) is 0 Å². The van der Waals surface area contributed by atoms with Gasteiger partial charge >= 0.3 is 6.03 Å². The van der Waals surface area contributed by atoms with E-state index in [1.165, 1.54) is 4.90 Å². The second-order valence-electron chi connectivity index (χ2n) is 5.16. The molecule has 86 valence electrons. The first-order valence-electron chi connectivity index (χ1n) is 5.31. The number of amides is 3. The number of urea groups is 1. The maximum absolute atomic E-state index is 12.0. The van der Waals surface area contributed by atoms with E-state index in [2.05, 4.69) is 13.8 Å². The summed E-state index contributed by atoms with van der Waals surface area (Å²) in [6.45, 7) is 6.64. The Morgan fingerprint density at radius 3 is 2.33 bits per heavy atom. The van der Waals surface area contributed by atoms with Gasteiger partial charge < -0.3 is 4.90 Å². The summed E-state index contributed by atoms with van der Waals surface area (Å²) in [5, 5.41) is 0. The van der Waals surface area contributed by atoms with Gasteiger partial charge in [0.2, 0.25) is 5.91 Å². The van der Waals surface area contributed by atoms with Crippen LogP contribution in [0.2, 0.25) is 0 Å². The first-order chi connectivity index (χ1) is 6.78. The average Bonchev–Trinajstić information content (AvgIpc) is 2.10. The Balaban J connectivity index is 2.91. The van der Waals surface area contributed by atoms with Crippen molar-refractivity contribution in [3.05, 3.63) is 0 Å². The van der Waals surface area contributed by atoms with Crippen LogP contribution in [0.5, 0.6) is 0 Å². The molecular weight excluding hydrogens is 192 g/mol. The molecule has 1 aliphatic rings. The summed E-state index contributed by atoms with van der Waals surface area (Å²) in [5.41, 5.74) is -0.425. The predicted molar refractivity (Wildman–Crippen MR) is 58.4 cm³/mol. The van der Waals surface area contributed by atoms with Gasteiger partial charge in [0.25, 0.3) is 0 Å². The van der Waals surface area contributed by atoms with Crippen LogP contribution in [0.1, 0.15) is 27.2 Å². The molecule has 0 aromatic carbocycles. The summed E-state index contributed by atoms with van der Waals surface area (Å²) >= 11 is 0. The smallest absolute Gasteiger partial charge is 0.326 e. The largest absolute Gasteiger partial charge is 0.326 e. The Morgan fingerprint density at radius 1 is 1.33 bits per heavy atom. The van der Waals surface area contributed by atoms with Crippen molar-refractivity contribution in [1.29, 1.82) is 0 Å². The maximum Gasteiger partial charge on any atom is 0.326 e. The topological polar surface area (TPSA) is 40.6 Å². The summed E-state index contributed by atoms with van der Waals surface area (Å²) in [6.07, 6.45) is 0.813. The average molecular weight is 212 g/mol. The molecular formula is C11H20N2O2. The van der Waals surface area contributed by atoms with Gasteiger partial charge in [-0.1, -0.05) is 13.8 Å². The highest BCUT2D eigenvalue weighted by molar-refractivity contribution is 5.99. The molecule has 0 radical (unpaired) electrons. The van der Waals surface area contributed by atoms with Crippen molar-refractivity contribution < 1.29 is 9.59 Å². The molecule has 0 aliphatic carbocycles. The third kappa shape index (κ3) is 2.13. The fourth-order valence-corrected chi connectivity index (χ4v) is 2.46. The highest BCUT2D eigenvalue weighted by Gasteiger charge is 2.44. The van der Waals surface area contributed by atoms with Crippen molar-refractivity contribution in [3.63, 3.8) is 0 Å². The van der Waals surface area contributed by atoms with Crippen LogP contribution in [0, 0.1) is 11.3 Å². The molecule has 0 spiro atoms. The number of imide groups is 1. The lowest BCUT2D eigenvalue weighted by Gasteiger charge is -2.42. The minimum atomic E-state index is -0.425. The molecule has 4 nitrogen and oxygen atoms in total. The molecule has 1 atom stereocenters. The second kappa shape index (κ2) is 3.83. The van der Waals surface area contributed by atoms with Gasteiger partial charge in [0.1, 0.15) is 0 Å². The van der Waals surface area contributed by atoms with Crippen molar-refractivity contribution >= 4 is 11.9 Å². The number of carbonyl (C=O) groups is 2. The van der Waals surface area contributed by atoms with Crippen LogP contribution >= 0.6 is 0 Å². The van der Waals surface area contributed by atoms with Crippen LogP contribution in [-0.4, -0.2) is 42.4 Å². The van der Waals surface area contributed by atoms with Gasteiger partial charge in [-0.05, 0) is 19.3 Å². The van der Waals surface area contributed by atoms with Gasteiger partial charge in [-0.2, -0.15) is 0 Å². The normalized spacial score (nSPS) is 27.9. The fourth-order valence-electron chi connectivity index (χ4n) is 2.46. The van der Waals surface area contributed by atoms with Crippen LogP contribution < -0.4 is 0 Å². The third-order valence-corrected chi connectivity index (χ3v) is 2.88. The van der Waals surface area contributed by atoms with E-state index in [0.717, 1.165) is 6.42 Å². The molecule has 0 aromatic rings. The van der Waals surface area contributed by atoms with Gasteiger partial charge in [-0.3, -0.25) is 9.69 Å². The summed E-state index contributed by atoms with van der Waals surface area (Å²) in [4.78, 5) is 26.4. The Labute approximate surface area is 91.2 Å². The van der Waals surface area contributed by atoms with Crippen LogP contribution in [0.25, 0.3) is 0 Å². The number of hydrogen-bond donors (Lipinski definition) is 0. The maximum atomic E-state index is 12.0. The fraction of sp³-hybridized carbons (Fsp3) is 0.818. The standard InChI is InChI=1S/C11H20N2O2/c1-8(2)6-11(3)7-12(4)10(15)13(5)9(11)14/h8H,6-7H2,1-5H3/t11-/m1/s1. The second-order valence-corrected chi connectivity index (χ2v) is 5.16. The predicted octanol–water partition coefficient (Wildman–Crippen LogP) is 1.56. The molecule has 1 rings (SSSR count). The first-order valence-corrected chi connectivity index (χ1v) is 5.31. The monoisotopic (exact) mass is 212 g/mol. The van der Waals surface area contributed by atoms with Gasteiger partial charge in [0.15, 0.2) is 0 Å². The van der Waals surface area contributed by atoms with Crippen molar-refractivity contribution in [3.8, 4) is 0 Å². The van der Waals surface area contributed by atoms with E-state index < -0.39 is 5.41 Å². The zero-order valence-corrected chi connectivity index (χ0v) is 10.2. The number of nitrogens with zero attached hydrogens (tertiary/aromatic N) is 2. The highest BCUT2D eigenvalue weighted by atomic mass is 16.2. The van der Waals surface area contributed by atoms with Crippen LogP contribution in [0.4, 0.5) is 4.79 Å². The summed E-state index contributed by atoms with van der Waals surface area (Å²) in [7, 11) is 3.29. The third-order valence-electron chi connectivity index (χ3n) is 2.88. The van der Waals surface area contributed by atoms with Crippen LogP contribution in [0.15, 0.2) is 0 Å². The first kappa shape index (κ1) is 12.0. The molecule has 4 heteroatoms. The molecule has 3 amide bonds. The van der Waals surface area contributed by atoms with E-state index in [9.17, 15) is 9.59 Å². The molecule has 15 heavy (non-hydrogen) atoms. The lowest BCUT2D eigenvalue weighted by atomic mass is 9.79. The summed E-state index contributed by atoms with van der Waals surface area (Å²) in [5.74, 6) is 0.397. The molecule has 0 aromatic heterocycles. The minimum absolute atomic E-state index is 0.0562. The van der Waals surface area contributed by atoms with Crippen molar-refractivity contribution in [2.45, 2.75) is 27.2 Å². The van der Waals surface area contributed by atoms with Gasteiger partial charge in [-0.25, -0.2) is 4.79 Å². The number of hydrogen-bond acceptors (Lipinski definition) is 2. The minimum Gasteiger partial charge on any atom is -0.326 e. The Morgan fingerprint density at radius 2 is 1.87 bits per heavy atom. The van der Waals surface area contributed by atoms with E-state index in [1.54, 1.807) is 19.0 Å². The quantitative estimate of drug-likeness (QED) is 0.697. The van der Waals surface area contributed by atoms with Gasteiger partial charge in [0.05, 0.1) is 5.41 Å². The highest BCUT2D eigenvalue weighted by Crippen LogP contribution is 2.32. The molecule has 0 bridgehead atoms. The molecule has 1 fully saturated rings. The zero-order chi connectivity index (χ0) is 11.8. The summed E-state index contributed by atoms with van der Waals surface area (Å²) < 4.78 is 0. The SMILES string of the molecule is CC(C)C[C@]1(C)CN(C)C(=O)N(C)C1=O. The van der Waals surface area contributed by atoms with E-state index >= 15 is 0 Å². The molecule has 0 N–H and O–H groups in total. The van der Waals surface area contributed by atoms with Crippen molar-refractivity contribution in [2.24, 2.45) is 11.3 Å². The Bertz CT molecular complexity index is 288. The molecule has 0 unspecified atom stereocenters. The molecule has 1 aliphatic heterocycles. The molecule has 0 saturated carbocycles. The molecule has 1 heterocycles. The molecule has 1 saturated heterocycles. The Hall–Kier alpha value is -1.06. The van der Waals surface area contributed by atoms with E-state index in [0.29, 0.717) is 12.5 Å². The van der Waals surface area contributed by atoms with E-state index in [-0.39, 0.29) is 11.9 Å². The zero-order valence-electron chi connectivity index (χ0n) is 10.2. The lowest BCUT2D eigenvalue weighted by Crippen LogP contribution is -2.58. The number of carbonyl (C=O) groups excluding carboxylic acids is 2. The van der Waals surface area contributed by atoms with E-state index in [1.807, 2.05) is 6.92 Å². The van der Waals surface area contributed by atoms with Crippen molar-refractivity contribution in [2.75, 3.05) is 20.6 Å². The van der Waals surface area contributed by atoms with Gasteiger partial charge in [-0.15, -0.1) is 0 Å². The Kier molecular flexibility index (Phi) is 3.07. The van der Waals surface area contributed by atoms with Crippen molar-refractivity contribution in [1.82, 2.24) is 9.80 Å². The van der Waals surface area contributed by atoms with Crippen LogP contribution in [-0.2, 0) is 4.79 Å².